The van der Waals surface area contributed by atoms with Gasteiger partial charge >= 0.3 is 0 Å². The molecule has 0 saturated carbocycles. The quantitative estimate of drug-likeness (QED) is 0.810. The first-order valence-electron chi connectivity index (χ1n) is 8.46. The van der Waals surface area contributed by atoms with E-state index in [1.165, 1.54) is 0 Å². The maximum atomic E-state index is 12.2. The molecular weight excluding hydrogens is 352 g/mol. The molecule has 6 nitrogen and oxygen atoms in total. The van der Waals surface area contributed by atoms with Crippen LogP contribution in [0.1, 0.15) is 17.9 Å². The normalized spacial score (nSPS) is 17.8. The Morgan fingerprint density at radius 1 is 1.19 bits per heavy atom. The van der Waals surface area contributed by atoms with E-state index in [1.54, 1.807) is 19.2 Å². The van der Waals surface area contributed by atoms with Gasteiger partial charge in [-0.3, -0.25) is 4.79 Å². The molecule has 0 aromatic heterocycles. The molecule has 26 heavy (non-hydrogen) atoms. The number of ether oxygens (including phenoxy) is 1. The summed E-state index contributed by atoms with van der Waals surface area (Å²) in [7, 11) is -1.61. The fraction of sp³-hybridized carbons (Fsp3) is 0.316. The lowest BCUT2D eigenvalue weighted by Crippen LogP contribution is -2.35. The van der Waals surface area contributed by atoms with Crippen LogP contribution in [0.3, 0.4) is 0 Å². The van der Waals surface area contributed by atoms with Crippen molar-refractivity contribution in [2.75, 3.05) is 31.3 Å². The Bertz CT molecular complexity index is 896. The number of anilines is 1. The van der Waals surface area contributed by atoms with Crippen LogP contribution in [0.4, 0.5) is 5.69 Å². The molecule has 1 heterocycles. The van der Waals surface area contributed by atoms with Crippen LogP contribution in [0, 0.1) is 0 Å². The summed E-state index contributed by atoms with van der Waals surface area (Å²) in [6.45, 7) is 0.561. The van der Waals surface area contributed by atoms with Crippen LogP contribution >= 0.6 is 0 Å². The number of fused-ring (bicyclic) bond motifs is 1. The zero-order chi connectivity index (χ0) is 18.6. The second-order valence-corrected chi connectivity index (χ2v) is 8.31. The van der Waals surface area contributed by atoms with Crippen LogP contribution in [-0.2, 0) is 14.6 Å². The molecule has 1 atom stereocenters. The van der Waals surface area contributed by atoms with Gasteiger partial charge in [-0.1, -0.05) is 24.3 Å². The lowest BCUT2D eigenvalue weighted by Gasteiger charge is -2.25. The van der Waals surface area contributed by atoms with Crippen molar-refractivity contribution in [3.63, 3.8) is 0 Å². The molecule has 1 aliphatic heterocycles. The first-order valence-corrected chi connectivity index (χ1v) is 10.1. The van der Waals surface area contributed by atoms with Gasteiger partial charge in [0.1, 0.15) is 5.75 Å². The molecule has 0 bridgehead atoms. The highest BCUT2D eigenvalue weighted by Gasteiger charge is 2.29. The molecule has 3 rings (SSSR count). The van der Waals surface area contributed by atoms with Crippen LogP contribution in [-0.4, -0.2) is 40.3 Å². The summed E-state index contributed by atoms with van der Waals surface area (Å²) in [6.07, 6.45) is 0.517. The standard InChI is InChI=1S/C19H22N2O4S/c1-25-16-6-4-5-15(11-16)20-13-19(22)21-12-14-9-10-26(23,24)18-8-3-2-7-17(14)18/h2-8,11,14,20H,9-10,12-13H2,1H3,(H,21,22). The van der Waals surface area contributed by atoms with E-state index < -0.39 is 9.84 Å². The molecule has 2 aromatic carbocycles. The van der Waals surface area contributed by atoms with Gasteiger partial charge in [0.2, 0.25) is 5.91 Å². The second-order valence-electron chi connectivity index (χ2n) is 6.23. The highest BCUT2D eigenvalue weighted by atomic mass is 32.2. The lowest BCUT2D eigenvalue weighted by molar-refractivity contribution is -0.119. The maximum Gasteiger partial charge on any atom is 0.239 e. The minimum absolute atomic E-state index is 0.00972. The predicted octanol–water partition coefficient (Wildman–Crippen LogP) is 2.18. The Balaban J connectivity index is 1.56. The first-order chi connectivity index (χ1) is 12.5. The van der Waals surface area contributed by atoms with E-state index in [-0.39, 0.29) is 24.1 Å². The van der Waals surface area contributed by atoms with E-state index in [4.69, 9.17) is 4.74 Å². The molecule has 0 spiro atoms. The molecular formula is C19H22N2O4S. The van der Waals surface area contributed by atoms with E-state index in [9.17, 15) is 13.2 Å². The average Bonchev–Trinajstić information content (AvgIpc) is 2.66. The van der Waals surface area contributed by atoms with Crippen molar-refractivity contribution in [3.8, 4) is 5.75 Å². The van der Waals surface area contributed by atoms with Crippen molar-refractivity contribution in [2.45, 2.75) is 17.2 Å². The van der Waals surface area contributed by atoms with Crippen molar-refractivity contribution in [1.82, 2.24) is 5.32 Å². The maximum absolute atomic E-state index is 12.2. The molecule has 1 aliphatic rings. The van der Waals surface area contributed by atoms with Gasteiger partial charge in [-0.15, -0.1) is 0 Å². The lowest BCUT2D eigenvalue weighted by atomic mass is 9.96. The third kappa shape index (κ3) is 4.16. The number of amides is 1. The van der Waals surface area contributed by atoms with Crippen LogP contribution in [0.15, 0.2) is 53.4 Å². The summed E-state index contributed by atoms with van der Waals surface area (Å²) < 4.78 is 29.5. The fourth-order valence-electron chi connectivity index (χ4n) is 3.09. The summed E-state index contributed by atoms with van der Waals surface area (Å²) in [5.41, 5.74) is 1.59. The number of hydrogen-bond donors (Lipinski definition) is 2. The van der Waals surface area contributed by atoms with Gasteiger partial charge in [0.25, 0.3) is 0 Å². The zero-order valence-electron chi connectivity index (χ0n) is 14.6. The monoisotopic (exact) mass is 374 g/mol. The Labute approximate surface area is 153 Å². The number of hydrogen-bond acceptors (Lipinski definition) is 5. The van der Waals surface area contributed by atoms with E-state index in [1.807, 2.05) is 36.4 Å². The first kappa shape index (κ1) is 18.3. The number of methoxy groups -OCH3 is 1. The highest BCUT2D eigenvalue weighted by molar-refractivity contribution is 7.91. The molecule has 0 radical (unpaired) electrons. The minimum Gasteiger partial charge on any atom is -0.497 e. The van der Waals surface area contributed by atoms with Crippen molar-refractivity contribution >= 4 is 21.4 Å². The molecule has 0 aliphatic carbocycles. The Kier molecular flexibility index (Phi) is 5.46. The van der Waals surface area contributed by atoms with Crippen LogP contribution in [0.2, 0.25) is 0 Å². The van der Waals surface area contributed by atoms with E-state index in [2.05, 4.69) is 10.6 Å². The van der Waals surface area contributed by atoms with Crippen molar-refractivity contribution < 1.29 is 17.9 Å². The van der Waals surface area contributed by atoms with Crippen LogP contribution in [0.25, 0.3) is 0 Å². The summed E-state index contributed by atoms with van der Waals surface area (Å²) in [5.74, 6) is 0.705. The number of sulfone groups is 1. The number of carbonyl (C=O) groups is 1. The SMILES string of the molecule is COc1cccc(NCC(=O)NCC2CCS(=O)(=O)c3ccccc32)c1. The summed E-state index contributed by atoms with van der Waals surface area (Å²) in [4.78, 5) is 12.5. The van der Waals surface area contributed by atoms with E-state index in [0.29, 0.717) is 17.9 Å². The van der Waals surface area contributed by atoms with Gasteiger partial charge in [-0.25, -0.2) is 8.42 Å². The predicted molar refractivity (Wildman–Crippen MR) is 100 cm³/mol. The van der Waals surface area contributed by atoms with Gasteiger partial charge in [0, 0.05) is 24.2 Å². The molecule has 138 valence electrons. The molecule has 7 heteroatoms. The zero-order valence-corrected chi connectivity index (χ0v) is 15.4. The number of carbonyl (C=O) groups excluding carboxylic acids is 1. The molecule has 2 aromatic rings. The Morgan fingerprint density at radius 3 is 2.81 bits per heavy atom. The van der Waals surface area contributed by atoms with Gasteiger partial charge < -0.3 is 15.4 Å². The third-order valence-electron chi connectivity index (χ3n) is 4.50. The van der Waals surface area contributed by atoms with Gasteiger partial charge in [0.05, 0.1) is 24.3 Å². The van der Waals surface area contributed by atoms with Crippen molar-refractivity contribution in [3.05, 3.63) is 54.1 Å². The Morgan fingerprint density at radius 2 is 2.00 bits per heavy atom. The second kappa shape index (κ2) is 7.78. The van der Waals surface area contributed by atoms with Gasteiger partial charge in [-0.2, -0.15) is 0 Å². The molecule has 1 unspecified atom stereocenters. The van der Waals surface area contributed by atoms with Crippen LogP contribution in [0.5, 0.6) is 5.75 Å². The van der Waals surface area contributed by atoms with Crippen molar-refractivity contribution in [2.24, 2.45) is 0 Å². The number of nitrogens with one attached hydrogen (secondary N) is 2. The fourth-order valence-corrected chi connectivity index (χ4v) is 4.79. The molecule has 2 N–H and O–H groups in total. The smallest absolute Gasteiger partial charge is 0.239 e. The van der Waals surface area contributed by atoms with E-state index in [0.717, 1.165) is 17.0 Å². The number of rotatable bonds is 6. The topological polar surface area (TPSA) is 84.5 Å². The average molecular weight is 374 g/mol. The molecule has 1 amide bonds. The minimum atomic E-state index is -3.20. The van der Waals surface area contributed by atoms with Gasteiger partial charge in [0.15, 0.2) is 9.84 Å². The molecule has 0 fully saturated rings. The number of benzene rings is 2. The summed E-state index contributed by atoms with van der Waals surface area (Å²) in [5, 5.41) is 5.94. The van der Waals surface area contributed by atoms with Crippen molar-refractivity contribution in [1.29, 1.82) is 0 Å². The molecule has 0 saturated heterocycles. The van der Waals surface area contributed by atoms with Gasteiger partial charge in [-0.05, 0) is 30.2 Å². The van der Waals surface area contributed by atoms with Crippen LogP contribution < -0.4 is 15.4 Å². The Hall–Kier alpha value is -2.54. The summed E-state index contributed by atoms with van der Waals surface area (Å²) >= 11 is 0. The summed E-state index contributed by atoms with van der Waals surface area (Å²) in [6, 6.07) is 14.4. The third-order valence-corrected chi connectivity index (χ3v) is 6.31. The largest absolute Gasteiger partial charge is 0.497 e. The highest BCUT2D eigenvalue weighted by Crippen LogP contribution is 2.33. The van der Waals surface area contributed by atoms with E-state index >= 15 is 0 Å².